The minimum Gasteiger partial charge on any atom is -0.444 e. The highest BCUT2D eigenvalue weighted by atomic mass is 16.6. The standard InChI is InChI=1S/C36H44N2O5/c1-35(2,3)43-34(41)37-29(21-25-16-10-7-11-17-25)30(39)22-27(20-24-14-8-6-9-15-24)33(40)38-32-28-19-13-12-18-26(28)23-31(32)42-36(38,4)5/h6-19,27,29-32,39H,20-23H2,1-5H3,(H,37,41)/t27-,29+,30+,31-,32+/m1/s1. The van der Waals surface area contributed by atoms with Gasteiger partial charge in [0.25, 0.3) is 0 Å². The second-order valence-corrected chi connectivity index (χ2v) is 13.3. The summed E-state index contributed by atoms with van der Waals surface area (Å²) in [4.78, 5) is 29.4. The zero-order valence-corrected chi connectivity index (χ0v) is 25.8. The zero-order valence-electron chi connectivity index (χ0n) is 25.8. The molecule has 1 fully saturated rings. The summed E-state index contributed by atoms with van der Waals surface area (Å²) in [6.45, 7) is 9.31. The molecule has 3 aromatic rings. The van der Waals surface area contributed by atoms with E-state index in [-0.39, 0.29) is 24.5 Å². The predicted octanol–water partition coefficient (Wildman–Crippen LogP) is 5.99. The SMILES string of the molecule is CC(C)(C)OC(=O)N[C@@H](Cc1ccccc1)[C@@H](O)C[C@@H](Cc1ccccc1)C(=O)N1[C@H]2c3ccccc3C[C@H]2OC1(C)C. The molecule has 5 atom stereocenters. The summed E-state index contributed by atoms with van der Waals surface area (Å²) in [5, 5.41) is 14.7. The first-order valence-corrected chi connectivity index (χ1v) is 15.3. The Morgan fingerprint density at radius 2 is 1.53 bits per heavy atom. The van der Waals surface area contributed by atoms with Gasteiger partial charge in [0.15, 0.2) is 0 Å². The van der Waals surface area contributed by atoms with Crippen LogP contribution in [-0.2, 0) is 33.5 Å². The number of benzene rings is 3. The summed E-state index contributed by atoms with van der Waals surface area (Å²) in [6.07, 6.45) is 0.0439. The second-order valence-electron chi connectivity index (χ2n) is 13.3. The van der Waals surface area contributed by atoms with Crippen LogP contribution in [0, 0.1) is 5.92 Å². The molecule has 1 aliphatic carbocycles. The molecule has 0 bridgehead atoms. The lowest BCUT2D eigenvalue weighted by atomic mass is 9.87. The van der Waals surface area contributed by atoms with Crippen molar-refractivity contribution in [2.24, 2.45) is 5.92 Å². The highest BCUT2D eigenvalue weighted by Crippen LogP contribution is 2.49. The maximum Gasteiger partial charge on any atom is 0.407 e. The van der Waals surface area contributed by atoms with Gasteiger partial charge < -0.3 is 24.8 Å². The molecule has 1 heterocycles. The lowest BCUT2D eigenvalue weighted by Gasteiger charge is -2.37. The van der Waals surface area contributed by atoms with Crippen molar-refractivity contribution in [2.75, 3.05) is 0 Å². The number of alkyl carbamates (subject to hydrolysis) is 1. The number of rotatable bonds is 9. The minimum absolute atomic E-state index is 0.0622. The number of nitrogens with zero attached hydrogens (tertiary/aromatic N) is 1. The number of ether oxygens (including phenoxy) is 2. The third-order valence-corrected chi connectivity index (χ3v) is 8.35. The summed E-state index contributed by atoms with van der Waals surface area (Å²) in [5.41, 5.74) is 2.81. The number of carbonyl (C=O) groups excluding carboxylic acids is 2. The summed E-state index contributed by atoms with van der Waals surface area (Å²) >= 11 is 0. The van der Waals surface area contributed by atoms with Crippen molar-refractivity contribution in [3.63, 3.8) is 0 Å². The lowest BCUT2D eigenvalue weighted by molar-refractivity contribution is -0.153. The molecule has 0 aromatic heterocycles. The van der Waals surface area contributed by atoms with Crippen LogP contribution in [0.3, 0.4) is 0 Å². The van der Waals surface area contributed by atoms with Gasteiger partial charge in [-0.1, -0.05) is 84.9 Å². The molecule has 2 aliphatic rings. The number of aliphatic hydroxyl groups is 1. The molecule has 0 unspecified atom stereocenters. The van der Waals surface area contributed by atoms with Crippen molar-refractivity contribution < 1.29 is 24.2 Å². The summed E-state index contributed by atoms with van der Waals surface area (Å²) in [6, 6.07) is 27.0. The first-order chi connectivity index (χ1) is 20.4. The number of hydrogen-bond donors (Lipinski definition) is 2. The van der Waals surface area contributed by atoms with E-state index in [2.05, 4.69) is 17.4 Å². The summed E-state index contributed by atoms with van der Waals surface area (Å²) in [7, 11) is 0. The molecular formula is C36H44N2O5. The number of fused-ring (bicyclic) bond motifs is 3. The summed E-state index contributed by atoms with van der Waals surface area (Å²) in [5.74, 6) is -0.613. The van der Waals surface area contributed by atoms with Gasteiger partial charge in [0.05, 0.1) is 24.3 Å². The Bertz CT molecular complexity index is 1400. The van der Waals surface area contributed by atoms with Gasteiger partial charge in [-0.25, -0.2) is 4.79 Å². The molecule has 0 radical (unpaired) electrons. The normalized spacial score (nSPS) is 20.9. The van der Waals surface area contributed by atoms with E-state index in [0.29, 0.717) is 12.8 Å². The van der Waals surface area contributed by atoms with Gasteiger partial charge in [0.1, 0.15) is 11.3 Å². The highest BCUT2D eigenvalue weighted by Gasteiger charge is 2.54. The van der Waals surface area contributed by atoms with E-state index in [0.717, 1.165) is 23.1 Å². The average molecular weight is 585 g/mol. The number of nitrogens with one attached hydrogen (secondary N) is 1. The molecule has 43 heavy (non-hydrogen) atoms. The van der Waals surface area contributed by atoms with Gasteiger partial charge >= 0.3 is 6.09 Å². The number of carbonyl (C=O) groups is 2. The Hall–Kier alpha value is -3.68. The van der Waals surface area contributed by atoms with Crippen molar-refractivity contribution in [2.45, 2.75) is 95.9 Å². The van der Waals surface area contributed by atoms with Crippen molar-refractivity contribution in [3.8, 4) is 0 Å². The maximum absolute atomic E-state index is 14.7. The molecule has 2 amide bonds. The topological polar surface area (TPSA) is 88.1 Å². The van der Waals surface area contributed by atoms with E-state index in [1.807, 2.05) is 91.5 Å². The molecule has 2 N–H and O–H groups in total. The van der Waals surface area contributed by atoms with E-state index >= 15 is 0 Å². The molecule has 1 aliphatic heterocycles. The molecule has 7 nitrogen and oxygen atoms in total. The van der Waals surface area contributed by atoms with Gasteiger partial charge in [-0.05, 0) is 76.1 Å². The zero-order chi connectivity index (χ0) is 30.8. The van der Waals surface area contributed by atoms with Crippen LogP contribution in [-0.4, -0.2) is 51.6 Å². The highest BCUT2D eigenvalue weighted by molar-refractivity contribution is 5.81. The van der Waals surface area contributed by atoms with Gasteiger partial charge in [-0.2, -0.15) is 0 Å². The second kappa shape index (κ2) is 12.5. The van der Waals surface area contributed by atoms with Crippen molar-refractivity contribution in [3.05, 3.63) is 107 Å². The Kier molecular flexibility index (Phi) is 8.95. The summed E-state index contributed by atoms with van der Waals surface area (Å²) < 4.78 is 12.0. The van der Waals surface area contributed by atoms with Crippen LogP contribution in [0.25, 0.3) is 0 Å². The fourth-order valence-electron chi connectivity index (χ4n) is 6.55. The van der Waals surface area contributed by atoms with Gasteiger partial charge in [0, 0.05) is 12.3 Å². The maximum atomic E-state index is 14.7. The average Bonchev–Trinajstić information content (AvgIpc) is 3.42. The van der Waals surface area contributed by atoms with Gasteiger partial charge in [-0.3, -0.25) is 4.79 Å². The lowest BCUT2D eigenvalue weighted by Crippen LogP contribution is -2.51. The number of hydrogen-bond acceptors (Lipinski definition) is 5. The predicted molar refractivity (Wildman–Crippen MR) is 166 cm³/mol. The van der Waals surface area contributed by atoms with E-state index in [1.54, 1.807) is 20.8 Å². The Balaban J connectivity index is 1.44. The Labute approximate surface area is 255 Å². The smallest absolute Gasteiger partial charge is 0.407 e. The van der Waals surface area contributed by atoms with Crippen LogP contribution in [0.4, 0.5) is 4.79 Å². The van der Waals surface area contributed by atoms with E-state index < -0.39 is 35.5 Å². The number of amides is 2. The number of aliphatic hydroxyl groups excluding tert-OH is 1. The molecule has 5 rings (SSSR count). The van der Waals surface area contributed by atoms with E-state index in [9.17, 15) is 14.7 Å². The van der Waals surface area contributed by atoms with E-state index in [1.165, 1.54) is 5.56 Å². The molecular weight excluding hydrogens is 540 g/mol. The Morgan fingerprint density at radius 3 is 2.16 bits per heavy atom. The third-order valence-electron chi connectivity index (χ3n) is 8.35. The first kappa shape index (κ1) is 30.8. The van der Waals surface area contributed by atoms with E-state index in [4.69, 9.17) is 9.47 Å². The molecule has 0 saturated carbocycles. The van der Waals surface area contributed by atoms with Crippen LogP contribution in [0.5, 0.6) is 0 Å². The first-order valence-electron chi connectivity index (χ1n) is 15.3. The minimum atomic E-state index is -1.01. The van der Waals surface area contributed by atoms with Gasteiger partial charge in [-0.15, -0.1) is 0 Å². The third kappa shape index (κ3) is 7.28. The molecule has 7 heteroatoms. The molecule has 3 aromatic carbocycles. The van der Waals surface area contributed by atoms with Crippen LogP contribution in [0.2, 0.25) is 0 Å². The van der Waals surface area contributed by atoms with Crippen LogP contribution < -0.4 is 5.32 Å². The van der Waals surface area contributed by atoms with Crippen LogP contribution >= 0.6 is 0 Å². The fraction of sp³-hybridized carbons (Fsp3) is 0.444. The monoisotopic (exact) mass is 584 g/mol. The molecule has 0 spiro atoms. The molecule has 1 saturated heterocycles. The Morgan fingerprint density at radius 1 is 0.953 bits per heavy atom. The molecule has 228 valence electrons. The quantitative estimate of drug-likeness (QED) is 0.323. The van der Waals surface area contributed by atoms with Crippen molar-refractivity contribution in [1.29, 1.82) is 0 Å². The van der Waals surface area contributed by atoms with Crippen molar-refractivity contribution in [1.82, 2.24) is 10.2 Å². The fourth-order valence-corrected chi connectivity index (χ4v) is 6.55. The largest absolute Gasteiger partial charge is 0.444 e. The van der Waals surface area contributed by atoms with Crippen molar-refractivity contribution >= 4 is 12.0 Å². The van der Waals surface area contributed by atoms with Crippen LogP contribution in [0.15, 0.2) is 84.9 Å². The van der Waals surface area contributed by atoms with Crippen LogP contribution in [0.1, 0.15) is 69.3 Å². The van der Waals surface area contributed by atoms with Gasteiger partial charge in [0.2, 0.25) is 5.91 Å².